The molecule has 126 valence electrons. The molecule has 0 bridgehead atoms. The van der Waals surface area contributed by atoms with Crippen molar-refractivity contribution in [2.45, 2.75) is 105 Å². The summed E-state index contributed by atoms with van der Waals surface area (Å²) in [7, 11) is 0. The molecule has 0 heterocycles. The highest BCUT2D eigenvalue weighted by Crippen LogP contribution is 2.20. The van der Waals surface area contributed by atoms with Crippen molar-refractivity contribution in [1.82, 2.24) is 0 Å². The molecule has 0 atom stereocenters. The molecule has 0 unspecified atom stereocenters. The summed E-state index contributed by atoms with van der Waals surface area (Å²) in [4.78, 5) is 0. The van der Waals surface area contributed by atoms with Gasteiger partial charge in [0.2, 0.25) is 0 Å². The third-order valence-electron chi connectivity index (χ3n) is 5.19. The molecule has 0 fully saturated rings. The Balaban J connectivity index is 2.11. The number of benzene rings is 1. The Kier molecular flexibility index (Phi) is 10.3. The van der Waals surface area contributed by atoms with Crippen molar-refractivity contribution >= 4 is 0 Å². The molecule has 0 radical (unpaired) electrons. The molecule has 0 heteroatoms. The minimum atomic E-state index is 1.16. The van der Waals surface area contributed by atoms with Crippen molar-refractivity contribution in [1.29, 1.82) is 0 Å². The van der Waals surface area contributed by atoms with E-state index in [1.165, 1.54) is 87.3 Å². The van der Waals surface area contributed by atoms with Crippen LogP contribution in [0.25, 0.3) is 0 Å². The summed E-state index contributed by atoms with van der Waals surface area (Å²) in [5, 5.41) is 0. The zero-order valence-electron chi connectivity index (χ0n) is 15.6. The highest BCUT2D eigenvalue weighted by Gasteiger charge is 2.05. The quantitative estimate of drug-likeness (QED) is 0.354. The van der Waals surface area contributed by atoms with E-state index in [9.17, 15) is 0 Å². The number of aryl methyl sites for hydroxylation is 2. The SMILES string of the molecule is CCCCCCCCCCCCc1ccc(CC)c(C)c1C. The zero-order chi connectivity index (χ0) is 16.2. The first-order valence-electron chi connectivity index (χ1n) is 9.78. The number of unbranched alkanes of at least 4 members (excludes halogenated alkanes) is 9. The number of hydrogen-bond donors (Lipinski definition) is 0. The van der Waals surface area contributed by atoms with Crippen LogP contribution in [0.5, 0.6) is 0 Å². The standard InChI is InChI=1S/C22H38/c1-5-7-8-9-10-11-12-13-14-15-16-22-18-17-21(6-2)19(3)20(22)4/h17-18H,5-16H2,1-4H3. The zero-order valence-corrected chi connectivity index (χ0v) is 15.6. The van der Waals surface area contributed by atoms with Crippen LogP contribution < -0.4 is 0 Å². The Bertz CT molecular complexity index is 403. The Labute approximate surface area is 139 Å². The van der Waals surface area contributed by atoms with Gasteiger partial charge in [-0.2, -0.15) is 0 Å². The fourth-order valence-corrected chi connectivity index (χ4v) is 3.39. The van der Waals surface area contributed by atoms with E-state index in [0.29, 0.717) is 0 Å². The van der Waals surface area contributed by atoms with E-state index in [0.717, 1.165) is 6.42 Å². The van der Waals surface area contributed by atoms with Gasteiger partial charge in [-0.15, -0.1) is 0 Å². The second-order valence-electron chi connectivity index (χ2n) is 6.92. The normalized spacial score (nSPS) is 11.1. The summed E-state index contributed by atoms with van der Waals surface area (Å²) >= 11 is 0. The monoisotopic (exact) mass is 302 g/mol. The first-order chi connectivity index (χ1) is 10.7. The van der Waals surface area contributed by atoms with Gasteiger partial charge in [-0.05, 0) is 55.4 Å². The summed E-state index contributed by atoms with van der Waals surface area (Å²) in [5.41, 5.74) is 6.15. The van der Waals surface area contributed by atoms with Gasteiger partial charge in [0.25, 0.3) is 0 Å². The molecule has 0 nitrogen and oxygen atoms in total. The van der Waals surface area contributed by atoms with Crippen molar-refractivity contribution in [3.8, 4) is 0 Å². The second kappa shape index (κ2) is 11.7. The molecule has 0 saturated heterocycles. The molecule has 0 aliphatic carbocycles. The Morgan fingerprint density at radius 2 is 1.05 bits per heavy atom. The Morgan fingerprint density at radius 1 is 0.591 bits per heavy atom. The summed E-state index contributed by atoms with van der Waals surface area (Å²) < 4.78 is 0. The maximum atomic E-state index is 2.37. The van der Waals surface area contributed by atoms with Crippen LogP contribution in [0.2, 0.25) is 0 Å². The fraction of sp³-hybridized carbons (Fsp3) is 0.727. The predicted octanol–water partition coefficient (Wildman–Crippen LogP) is 7.33. The molecule has 0 aliphatic rings. The van der Waals surface area contributed by atoms with Crippen LogP contribution in [0, 0.1) is 13.8 Å². The van der Waals surface area contributed by atoms with Gasteiger partial charge in [0, 0.05) is 0 Å². The molecule has 1 rings (SSSR count). The molecule has 0 amide bonds. The van der Waals surface area contributed by atoms with Gasteiger partial charge in [-0.3, -0.25) is 0 Å². The first kappa shape index (κ1) is 19.3. The lowest BCUT2D eigenvalue weighted by atomic mass is 9.93. The first-order valence-corrected chi connectivity index (χ1v) is 9.78. The minimum absolute atomic E-state index is 1.16. The average molecular weight is 303 g/mol. The Morgan fingerprint density at radius 3 is 1.59 bits per heavy atom. The van der Waals surface area contributed by atoms with Crippen molar-refractivity contribution in [2.75, 3.05) is 0 Å². The van der Waals surface area contributed by atoms with Crippen LogP contribution in [-0.2, 0) is 12.8 Å². The van der Waals surface area contributed by atoms with E-state index in [1.54, 1.807) is 5.56 Å². The molecule has 0 N–H and O–H groups in total. The lowest BCUT2D eigenvalue weighted by Crippen LogP contribution is -1.97. The van der Waals surface area contributed by atoms with Crippen molar-refractivity contribution in [3.63, 3.8) is 0 Å². The number of rotatable bonds is 12. The molecular weight excluding hydrogens is 264 g/mol. The van der Waals surface area contributed by atoms with Crippen molar-refractivity contribution < 1.29 is 0 Å². The number of hydrogen-bond acceptors (Lipinski definition) is 0. The van der Waals surface area contributed by atoms with Gasteiger partial charge in [-0.1, -0.05) is 83.8 Å². The third kappa shape index (κ3) is 6.99. The Hall–Kier alpha value is -0.780. The maximum absolute atomic E-state index is 2.37. The second-order valence-corrected chi connectivity index (χ2v) is 6.92. The molecule has 0 spiro atoms. The minimum Gasteiger partial charge on any atom is -0.0654 e. The average Bonchev–Trinajstić information content (AvgIpc) is 2.53. The van der Waals surface area contributed by atoms with Crippen LogP contribution in [0.3, 0.4) is 0 Å². The van der Waals surface area contributed by atoms with Gasteiger partial charge >= 0.3 is 0 Å². The van der Waals surface area contributed by atoms with E-state index in [-0.39, 0.29) is 0 Å². The molecule has 0 saturated carbocycles. The smallest absolute Gasteiger partial charge is 0.0276 e. The van der Waals surface area contributed by atoms with Crippen molar-refractivity contribution in [2.24, 2.45) is 0 Å². The molecule has 22 heavy (non-hydrogen) atoms. The van der Waals surface area contributed by atoms with E-state index >= 15 is 0 Å². The van der Waals surface area contributed by atoms with Gasteiger partial charge in [0.1, 0.15) is 0 Å². The lowest BCUT2D eigenvalue weighted by molar-refractivity contribution is 0.556. The van der Waals surface area contributed by atoms with Gasteiger partial charge in [0.15, 0.2) is 0 Å². The summed E-state index contributed by atoms with van der Waals surface area (Å²) in [6.45, 7) is 9.14. The van der Waals surface area contributed by atoms with Gasteiger partial charge in [0.05, 0.1) is 0 Å². The van der Waals surface area contributed by atoms with Crippen LogP contribution in [0.15, 0.2) is 12.1 Å². The van der Waals surface area contributed by atoms with E-state index in [4.69, 9.17) is 0 Å². The summed E-state index contributed by atoms with van der Waals surface area (Å²) in [5.74, 6) is 0. The molecule has 0 aliphatic heterocycles. The predicted molar refractivity (Wildman–Crippen MR) is 101 cm³/mol. The van der Waals surface area contributed by atoms with Crippen LogP contribution in [0.4, 0.5) is 0 Å². The molecule has 1 aromatic rings. The third-order valence-corrected chi connectivity index (χ3v) is 5.19. The largest absolute Gasteiger partial charge is 0.0654 e. The van der Waals surface area contributed by atoms with Crippen LogP contribution in [-0.4, -0.2) is 0 Å². The summed E-state index contributed by atoms with van der Waals surface area (Å²) in [6.07, 6.45) is 16.7. The van der Waals surface area contributed by atoms with E-state index < -0.39 is 0 Å². The maximum Gasteiger partial charge on any atom is -0.0276 e. The molecule has 0 aromatic heterocycles. The fourth-order valence-electron chi connectivity index (χ4n) is 3.39. The van der Waals surface area contributed by atoms with Crippen LogP contribution >= 0.6 is 0 Å². The topological polar surface area (TPSA) is 0 Å². The highest BCUT2D eigenvalue weighted by atomic mass is 14.1. The highest BCUT2D eigenvalue weighted by molar-refractivity contribution is 5.39. The van der Waals surface area contributed by atoms with Crippen molar-refractivity contribution in [3.05, 3.63) is 34.4 Å². The molecular formula is C22H38. The van der Waals surface area contributed by atoms with Crippen LogP contribution in [0.1, 0.15) is 100 Å². The van der Waals surface area contributed by atoms with E-state index in [2.05, 4.69) is 39.8 Å². The van der Waals surface area contributed by atoms with E-state index in [1.807, 2.05) is 0 Å². The van der Waals surface area contributed by atoms with Gasteiger partial charge < -0.3 is 0 Å². The summed E-state index contributed by atoms with van der Waals surface area (Å²) in [6, 6.07) is 4.71. The lowest BCUT2D eigenvalue weighted by Gasteiger charge is -2.12. The van der Waals surface area contributed by atoms with Gasteiger partial charge in [-0.25, -0.2) is 0 Å². The molecule has 1 aromatic carbocycles.